The van der Waals surface area contributed by atoms with E-state index in [0.29, 0.717) is 57.7 Å². The Kier molecular flexibility index (Phi) is 11.3. The molecule has 1 aliphatic heterocycles. The van der Waals surface area contributed by atoms with Crippen LogP contribution in [0.1, 0.15) is 66.4 Å². The number of nitrogens with one attached hydrogen (secondary N) is 1. The fraction of sp³-hybridized carbons (Fsp3) is 0.708. The number of allylic oxidation sites excluding steroid dienone is 1. The molecule has 184 valence electrons. The molecule has 3 rings (SSSR count). The minimum atomic E-state index is -0.0927. The highest BCUT2D eigenvalue weighted by molar-refractivity contribution is 7.09. The van der Waals surface area contributed by atoms with Crippen LogP contribution >= 0.6 is 11.3 Å². The number of aromatic nitrogens is 1. The molecule has 0 saturated carbocycles. The average Bonchev–Trinajstić information content (AvgIpc) is 3.35. The second kappa shape index (κ2) is 14.5. The van der Waals surface area contributed by atoms with E-state index >= 15 is 0 Å². The Morgan fingerprint density at radius 3 is 2.70 bits per heavy atom. The van der Waals surface area contributed by atoms with Crippen LogP contribution in [0.15, 0.2) is 17.0 Å². The molecule has 0 unspecified atom stereocenters. The van der Waals surface area contributed by atoms with E-state index < -0.39 is 0 Å². The molecule has 2 heterocycles. The number of thiazole rings is 1. The van der Waals surface area contributed by atoms with Gasteiger partial charge in [-0.25, -0.2) is 4.98 Å². The van der Waals surface area contributed by atoms with Crippen LogP contribution in [0.5, 0.6) is 0 Å². The number of rotatable bonds is 13. The van der Waals surface area contributed by atoms with Gasteiger partial charge < -0.3 is 24.4 Å². The minimum absolute atomic E-state index is 0.0117. The predicted octanol–water partition coefficient (Wildman–Crippen LogP) is 3.15. The zero-order valence-corrected chi connectivity index (χ0v) is 20.5. The Balaban J connectivity index is 1.32. The number of hydrogen-bond acceptors (Lipinski definition) is 7. The molecule has 0 aromatic carbocycles. The maximum absolute atomic E-state index is 12.5. The van der Waals surface area contributed by atoms with Gasteiger partial charge in [-0.15, -0.1) is 11.3 Å². The van der Waals surface area contributed by atoms with Gasteiger partial charge in [0.15, 0.2) is 0 Å². The second-order valence-corrected chi connectivity index (χ2v) is 9.39. The molecule has 1 saturated heterocycles. The van der Waals surface area contributed by atoms with Crippen molar-refractivity contribution in [1.82, 2.24) is 15.2 Å². The van der Waals surface area contributed by atoms with E-state index in [1.54, 1.807) is 18.4 Å². The number of piperidine rings is 1. The van der Waals surface area contributed by atoms with Crippen molar-refractivity contribution in [2.45, 2.75) is 50.9 Å². The van der Waals surface area contributed by atoms with Gasteiger partial charge in [-0.3, -0.25) is 9.59 Å². The molecule has 2 aliphatic rings. The van der Waals surface area contributed by atoms with Crippen molar-refractivity contribution in [2.24, 2.45) is 0 Å². The quantitative estimate of drug-likeness (QED) is 0.345. The molecule has 33 heavy (non-hydrogen) atoms. The van der Waals surface area contributed by atoms with Crippen LogP contribution < -0.4 is 5.32 Å². The molecule has 2 amide bonds. The van der Waals surface area contributed by atoms with Crippen LogP contribution in [0.3, 0.4) is 0 Å². The first-order valence-corrected chi connectivity index (χ1v) is 12.9. The van der Waals surface area contributed by atoms with E-state index in [1.165, 1.54) is 24.8 Å². The maximum Gasteiger partial charge on any atom is 0.270 e. The standard InChI is InChI=1S/C24H37N3O5S/c1-30-13-14-31-15-16-32-17-22(28)27-11-8-20(9-12-27)24-26-21(18-33-24)23(29)25-10-7-19-5-3-2-4-6-19/h5,18,20H,2-4,6-17H2,1H3,(H,25,29). The van der Waals surface area contributed by atoms with Crippen LogP contribution in [-0.4, -0.2) is 81.5 Å². The van der Waals surface area contributed by atoms with E-state index in [0.717, 1.165) is 30.7 Å². The molecule has 1 aromatic rings. The lowest BCUT2D eigenvalue weighted by molar-refractivity contribution is -0.137. The van der Waals surface area contributed by atoms with Gasteiger partial charge in [0.1, 0.15) is 12.3 Å². The number of ether oxygens (including phenoxy) is 3. The van der Waals surface area contributed by atoms with Crippen LogP contribution in [0.25, 0.3) is 0 Å². The fourth-order valence-corrected chi connectivity index (χ4v) is 5.10. The summed E-state index contributed by atoms with van der Waals surface area (Å²) in [7, 11) is 1.63. The van der Waals surface area contributed by atoms with Gasteiger partial charge in [0.25, 0.3) is 5.91 Å². The fourth-order valence-electron chi connectivity index (χ4n) is 4.13. The molecule has 0 bridgehead atoms. The molecule has 1 aromatic heterocycles. The summed E-state index contributed by atoms with van der Waals surface area (Å²) < 4.78 is 15.7. The van der Waals surface area contributed by atoms with Gasteiger partial charge in [-0.2, -0.15) is 0 Å². The first-order chi connectivity index (χ1) is 16.2. The summed E-state index contributed by atoms with van der Waals surface area (Å²) in [6, 6.07) is 0. The van der Waals surface area contributed by atoms with Gasteiger partial charge in [-0.1, -0.05) is 11.6 Å². The Morgan fingerprint density at radius 2 is 1.94 bits per heavy atom. The third-order valence-electron chi connectivity index (χ3n) is 6.10. The van der Waals surface area contributed by atoms with Crippen molar-refractivity contribution in [3.63, 3.8) is 0 Å². The minimum Gasteiger partial charge on any atom is -0.382 e. The average molecular weight is 480 g/mol. The van der Waals surface area contributed by atoms with E-state index in [1.807, 2.05) is 10.3 Å². The number of nitrogens with zero attached hydrogens (tertiary/aromatic N) is 2. The Labute approximate surface area is 200 Å². The highest BCUT2D eigenvalue weighted by Crippen LogP contribution is 2.30. The van der Waals surface area contributed by atoms with Crippen molar-refractivity contribution in [3.8, 4) is 0 Å². The molecule has 0 spiro atoms. The third-order valence-corrected chi connectivity index (χ3v) is 7.10. The van der Waals surface area contributed by atoms with Gasteiger partial charge >= 0.3 is 0 Å². The molecule has 1 N–H and O–H groups in total. The Morgan fingerprint density at radius 1 is 1.15 bits per heavy atom. The monoisotopic (exact) mass is 479 g/mol. The molecular weight excluding hydrogens is 442 g/mol. The summed E-state index contributed by atoms with van der Waals surface area (Å²) >= 11 is 1.55. The number of carbonyl (C=O) groups excluding carboxylic acids is 2. The molecule has 0 atom stereocenters. The van der Waals surface area contributed by atoms with Crippen molar-refractivity contribution < 1.29 is 23.8 Å². The summed E-state index contributed by atoms with van der Waals surface area (Å²) in [6.07, 6.45) is 9.83. The first kappa shape index (κ1) is 25.8. The van der Waals surface area contributed by atoms with E-state index in [2.05, 4.69) is 16.4 Å². The van der Waals surface area contributed by atoms with Crippen LogP contribution in [0.2, 0.25) is 0 Å². The third kappa shape index (κ3) is 8.81. The molecule has 0 radical (unpaired) electrons. The summed E-state index contributed by atoms with van der Waals surface area (Å²) in [6.45, 7) is 4.05. The van der Waals surface area contributed by atoms with Crippen LogP contribution in [-0.2, 0) is 19.0 Å². The van der Waals surface area contributed by atoms with Gasteiger partial charge in [-0.05, 0) is 44.9 Å². The maximum atomic E-state index is 12.5. The molecular formula is C24H37N3O5S. The SMILES string of the molecule is COCCOCCOCC(=O)N1CCC(c2nc(C(=O)NCCC3=CCCCC3)cs2)CC1. The van der Waals surface area contributed by atoms with Crippen molar-refractivity contribution >= 4 is 23.2 Å². The van der Waals surface area contributed by atoms with Gasteiger partial charge in [0.2, 0.25) is 5.91 Å². The lowest BCUT2D eigenvalue weighted by Gasteiger charge is -2.31. The molecule has 1 fully saturated rings. The zero-order valence-electron chi connectivity index (χ0n) is 19.7. The number of likely N-dealkylation sites (tertiary alicyclic amines) is 1. The highest BCUT2D eigenvalue weighted by Gasteiger charge is 2.26. The van der Waals surface area contributed by atoms with Gasteiger partial charge in [0, 0.05) is 38.0 Å². The van der Waals surface area contributed by atoms with E-state index in [-0.39, 0.29) is 18.4 Å². The topological polar surface area (TPSA) is 90.0 Å². The summed E-state index contributed by atoms with van der Waals surface area (Å²) in [5.74, 6) is 0.214. The van der Waals surface area contributed by atoms with E-state index in [9.17, 15) is 9.59 Å². The van der Waals surface area contributed by atoms with Crippen molar-refractivity contribution in [3.05, 3.63) is 27.7 Å². The lowest BCUT2D eigenvalue weighted by atomic mass is 9.97. The summed E-state index contributed by atoms with van der Waals surface area (Å²) in [4.78, 5) is 31.3. The number of methoxy groups -OCH3 is 1. The predicted molar refractivity (Wildman–Crippen MR) is 128 cm³/mol. The Hall–Kier alpha value is -1.81. The number of amides is 2. The van der Waals surface area contributed by atoms with Gasteiger partial charge in [0.05, 0.1) is 31.4 Å². The smallest absolute Gasteiger partial charge is 0.270 e. The molecule has 1 aliphatic carbocycles. The lowest BCUT2D eigenvalue weighted by Crippen LogP contribution is -2.40. The van der Waals surface area contributed by atoms with E-state index in [4.69, 9.17) is 14.2 Å². The molecule has 9 heteroatoms. The van der Waals surface area contributed by atoms with Crippen LogP contribution in [0, 0.1) is 0 Å². The Bertz CT molecular complexity index is 774. The largest absolute Gasteiger partial charge is 0.382 e. The summed E-state index contributed by atoms with van der Waals surface area (Å²) in [5, 5.41) is 5.85. The number of hydrogen-bond donors (Lipinski definition) is 1. The zero-order chi connectivity index (χ0) is 23.3. The number of carbonyl (C=O) groups is 2. The van der Waals surface area contributed by atoms with Crippen LogP contribution in [0.4, 0.5) is 0 Å². The van der Waals surface area contributed by atoms with Crippen molar-refractivity contribution in [1.29, 1.82) is 0 Å². The normalized spacial score (nSPS) is 17.1. The first-order valence-electron chi connectivity index (χ1n) is 12.0. The summed E-state index contributed by atoms with van der Waals surface area (Å²) in [5.41, 5.74) is 1.97. The molecule has 8 nitrogen and oxygen atoms in total. The highest BCUT2D eigenvalue weighted by atomic mass is 32.1. The van der Waals surface area contributed by atoms with Crippen molar-refractivity contribution in [2.75, 3.05) is 59.8 Å². The second-order valence-electron chi connectivity index (χ2n) is 8.50.